The van der Waals surface area contributed by atoms with Crippen LogP contribution in [-0.2, 0) is 25.6 Å². The lowest BCUT2D eigenvalue weighted by molar-refractivity contribution is -0.384. The predicted molar refractivity (Wildman–Crippen MR) is 170 cm³/mol. The fourth-order valence-electron chi connectivity index (χ4n) is 5.60. The normalized spacial score (nSPS) is 20.1. The molecule has 3 atom stereocenters. The van der Waals surface area contributed by atoms with E-state index in [1.165, 1.54) is 12.1 Å². The second-order valence-corrected chi connectivity index (χ2v) is 11.1. The standard InChI is InChI=1S/C33H39N5O8/c1-2-44-31(40)20-34-33(41)35-26-5-3-4-25(18-26)32-45-29(19-30(46-32)24-8-6-23(22-39)7-9-24)21-36-14-16-37(17-15-36)27-10-12-28(13-11-27)38(42)43/h3-13,18,29-30,32,39H,2,14-17,19-22H2,1H3,(H2,34,35,41)/t29-,30+,32+/m0/s1. The molecule has 0 spiro atoms. The van der Waals surface area contributed by atoms with Gasteiger partial charge in [-0.3, -0.25) is 19.8 Å². The summed E-state index contributed by atoms with van der Waals surface area (Å²) >= 11 is 0. The van der Waals surface area contributed by atoms with Gasteiger partial charge in [0.25, 0.3) is 5.69 Å². The minimum atomic E-state index is -0.702. The van der Waals surface area contributed by atoms with Crippen LogP contribution in [0.4, 0.5) is 21.9 Å². The Hall–Kier alpha value is -4.56. The van der Waals surface area contributed by atoms with Gasteiger partial charge in [-0.2, -0.15) is 0 Å². The van der Waals surface area contributed by atoms with E-state index in [1.54, 1.807) is 37.3 Å². The monoisotopic (exact) mass is 633 g/mol. The van der Waals surface area contributed by atoms with E-state index in [0.29, 0.717) is 18.7 Å². The van der Waals surface area contributed by atoms with E-state index in [1.807, 2.05) is 30.3 Å². The Morgan fingerprint density at radius 1 is 1.00 bits per heavy atom. The molecule has 2 fully saturated rings. The number of non-ortho nitro benzene ring substituents is 1. The average molecular weight is 634 g/mol. The molecule has 13 nitrogen and oxygen atoms in total. The molecule has 0 unspecified atom stereocenters. The number of esters is 1. The van der Waals surface area contributed by atoms with E-state index < -0.39 is 23.2 Å². The van der Waals surface area contributed by atoms with Gasteiger partial charge in [-0.1, -0.05) is 36.4 Å². The molecule has 0 bridgehead atoms. The molecular weight excluding hydrogens is 594 g/mol. The Bertz CT molecular complexity index is 1480. The lowest BCUT2D eigenvalue weighted by Gasteiger charge is -2.41. The number of hydrogen-bond acceptors (Lipinski definition) is 10. The van der Waals surface area contributed by atoms with Crippen LogP contribution in [0, 0.1) is 10.1 Å². The number of nitrogens with one attached hydrogen (secondary N) is 2. The number of ether oxygens (including phenoxy) is 3. The molecule has 0 saturated carbocycles. The van der Waals surface area contributed by atoms with Gasteiger partial charge in [-0.05, 0) is 42.3 Å². The van der Waals surface area contributed by atoms with E-state index in [4.69, 9.17) is 14.2 Å². The summed E-state index contributed by atoms with van der Waals surface area (Å²) in [6, 6.07) is 21.0. The third-order valence-corrected chi connectivity index (χ3v) is 7.99. The van der Waals surface area contributed by atoms with Crippen LogP contribution in [0.15, 0.2) is 72.8 Å². The first-order valence-corrected chi connectivity index (χ1v) is 15.3. The van der Waals surface area contributed by atoms with Crippen LogP contribution in [0.1, 0.15) is 42.4 Å². The number of anilines is 2. The number of aliphatic hydroxyl groups excluding tert-OH is 1. The number of urea groups is 1. The van der Waals surface area contributed by atoms with Gasteiger partial charge in [0.15, 0.2) is 6.29 Å². The summed E-state index contributed by atoms with van der Waals surface area (Å²) in [7, 11) is 0. The maximum atomic E-state index is 12.4. The van der Waals surface area contributed by atoms with Crippen molar-refractivity contribution in [2.75, 3.05) is 56.1 Å². The van der Waals surface area contributed by atoms with Gasteiger partial charge in [-0.15, -0.1) is 0 Å². The predicted octanol–water partition coefficient (Wildman–Crippen LogP) is 4.14. The number of piperazine rings is 1. The number of nitro benzene ring substituents is 1. The Morgan fingerprint density at radius 3 is 2.41 bits per heavy atom. The number of nitro groups is 1. The number of carbonyl (C=O) groups is 2. The van der Waals surface area contributed by atoms with E-state index in [0.717, 1.165) is 48.6 Å². The van der Waals surface area contributed by atoms with Crippen molar-refractivity contribution >= 4 is 29.1 Å². The average Bonchev–Trinajstić information content (AvgIpc) is 3.08. The molecule has 244 valence electrons. The van der Waals surface area contributed by atoms with Crippen molar-refractivity contribution in [3.63, 3.8) is 0 Å². The number of amides is 2. The number of rotatable bonds is 11. The molecule has 3 N–H and O–H groups in total. The molecule has 2 aliphatic heterocycles. The van der Waals surface area contributed by atoms with E-state index in [-0.39, 0.29) is 37.7 Å². The van der Waals surface area contributed by atoms with Gasteiger partial charge in [0.05, 0.1) is 30.3 Å². The second kappa shape index (κ2) is 15.6. The molecule has 2 amide bonds. The van der Waals surface area contributed by atoms with Crippen LogP contribution in [0.2, 0.25) is 0 Å². The molecule has 0 aliphatic carbocycles. The summed E-state index contributed by atoms with van der Waals surface area (Å²) in [4.78, 5) is 39.2. The molecule has 46 heavy (non-hydrogen) atoms. The van der Waals surface area contributed by atoms with Gasteiger partial charge >= 0.3 is 12.0 Å². The van der Waals surface area contributed by atoms with Crippen molar-refractivity contribution in [2.45, 2.75) is 38.4 Å². The van der Waals surface area contributed by atoms with Crippen molar-refractivity contribution in [1.82, 2.24) is 10.2 Å². The van der Waals surface area contributed by atoms with Crippen LogP contribution < -0.4 is 15.5 Å². The Balaban J connectivity index is 1.25. The van der Waals surface area contributed by atoms with Crippen LogP contribution in [0.3, 0.4) is 0 Å². The third kappa shape index (κ3) is 8.79. The fraction of sp³-hybridized carbons (Fsp3) is 0.394. The van der Waals surface area contributed by atoms with Crippen molar-refractivity contribution < 1.29 is 33.8 Å². The number of hydrogen-bond donors (Lipinski definition) is 3. The largest absolute Gasteiger partial charge is 0.465 e. The first kappa shape index (κ1) is 32.8. The highest BCUT2D eigenvalue weighted by Gasteiger charge is 2.34. The molecule has 2 saturated heterocycles. The number of aliphatic hydroxyl groups is 1. The highest BCUT2D eigenvalue weighted by Crippen LogP contribution is 2.39. The zero-order chi connectivity index (χ0) is 32.5. The summed E-state index contributed by atoms with van der Waals surface area (Å²) in [6.45, 7) is 5.50. The van der Waals surface area contributed by atoms with Gasteiger partial charge in [0.1, 0.15) is 6.54 Å². The Labute approximate surface area is 267 Å². The molecule has 0 aromatic heterocycles. The van der Waals surface area contributed by atoms with Crippen LogP contribution in [-0.4, -0.2) is 78.9 Å². The first-order valence-electron chi connectivity index (χ1n) is 15.3. The molecule has 5 rings (SSSR count). The summed E-state index contributed by atoms with van der Waals surface area (Å²) in [5.41, 5.74) is 4.07. The van der Waals surface area contributed by atoms with Crippen molar-refractivity contribution in [3.8, 4) is 0 Å². The minimum absolute atomic E-state index is 0.0425. The summed E-state index contributed by atoms with van der Waals surface area (Å²) < 4.78 is 17.8. The summed E-state index contributed by atoms with van der Waals surface area (Å²) in [5.74, 6) is -0.521. The SMILES string of the molecule is CCOC(=O)CNC(=O)Nc1cccc([C@@H]2O[C@H](CN3CCN(c4ccc([N+](=O)[O-])cc4)CC3)C[C@H](c3ccc(CO)cc3)O2)c1. The van der Waals surface area contributed by atoms with Gasteiger partial charge in [0, 0.05) is 68.2 Å². The number of nitrogens with zero attached hydrogens (tertiary/aromatic N) is 3. The van der Waals surface area contributed by atoms with Crippen LogP contribution >= 0.6 is 0 Å². The number of benzene rings is 3. The van der Waals surface area contributed by atoms with E-state index in [2.05, 4.69) is 20.4 Å². The minimum Gasteiger partial charge on any atom is -0.465 e. The zero-order valence-electron chi connectivity index (χ0n) is 25.7. The van der Waals surface area contributed by atoms with Crippen LogP contribution in [0.25, 0.3) is 0 Å². The molecule has 13 heteroatoms. The maximum absolute atomic E-state index is 12.4. The number of carbonyl (C=O) groups excluding carboxylic acids is 2. The maximum Gasteiger partial charge on any atom is 0.325 e. The summed E-state index contributed by atoms with van der Waals surface area (Å²) in [5, 5.41) is 25.8. The lowest BCUT2D eigenvalue weighted by Crippen LogP contribution is -2.49. The Morgan fingerprint density at radius 2 is 1.74 bits per heavy atom. The molecule has 2 aliphatic rings. The van der Waals surface area contributed by atoms with Crippen molar-refractivity contribution in [1.29, 1.82) is 0 Å². The summed E-state index contributed by atoms with van der Waals surface area (Å²) in [6.07, 6.45) is -0.489. The molecule has 0 radical (unpaired) electrons. The van der Waals surface area contributed by atoms with E-state index in [9.17, 15) is 24.8 Å². The smallest absolute Gasteiger partial charge is 0.325 e. The van der Waals surface area contributed by atoms with Gasteiger partial charge in [0.2, 0.25) is 0 Å². The second-order valence-electron chi connectivity index (χ2n) is 11.1. The van der Waals surface area contributed by atoms with E-state index >= 15 is 0 Å². The van der Waals surface area contributed by atoms with Crippen molar-refractivity contribution in [3.05, 3.63) is 99.6 Å². The highest BCUT2D eigenvalue weighted by atomic mass is 16.7. The van der Waals surface area contributed by atoms with Gasteiger partial charge in [-0.25, -0.2) is 4.79 Å². The van der Waals surface area contributed by atoms with Crippen molar-refractivity contribution in [2.24, 2.45) is 0 Å². The molecule has 3 aromatic rings. The fourth-order valence-corrected chi connectivity index (χ4v) is 5.60. The van der Waals surface area contributed by atoms with Gasteiger partial charge < -0.3 is 34.9 Å². The molecular formula is C33H39N5O8. The Kier molecular flexibility index (Phi) is 11.2. The highest BCUT2D eigenvalue weighted by molar-refractivity contribution is 5.91. The third-order valence-electron chi connectivity index (χ3n) is 7.99. The first-order chi connectivity index (χ1) is 22.3. The molecule has 2 heterocycles. The van der Waals surface area contributed by atoms with Crippen LogP contribution in [0.5, 0.6) is 0 Å². The lowest BCUT2D eigenvalue weighted by atomic mass is 9.99. The topological polar surface area (TPSA) is 156 Å². The zero-order valence-corrected chi connectivity index (χ0v) is 25.7. The quantitative estimate of drug-likeness (QED) is 0.159. The molecule has 3 aromatic carbocycles.